The van der Waals surface area contributed by atoms with Crippen molar-refractivity contribution in [2.45, 2.75) is 38.6 Å². The Kier molecular flexibility index (Phi) is 4.65. The van der Waals surface area contributed by atoms with E-state index in [0.717, 1.165) is 67.1 Å². The molecule has 0 radical (unpaired) electrons. The monoisotopic (exact) mass is 417 g/mol. The third-order valence-electron chi connectivity index (χ3n) is 5.78. The lowest BCUT2D eigenvalue weighted by atomic mass is 9.94. The minimum atomic E-state index is -0.273. The Morgan fingerprint density at radius 1 is 1.15 bits per heavy atom. The summed E-state index contributed by atoms with van der Waals surface area (Å²) in [6.07, 6.45) is 1.93. The van der Waals surface area contributed by atoms with Gasteiger partial charge in [0.2, 0.25) is 5.91 Å². The number of hydrogen-bond acceptors (Lipinski definition) is 4. The van der Waals surface area contributed by atoms with E-state index < -0.39 is 0 Å². The van der Waals surface area contributed by atoms with Crippen molar-refractivity contribution in [3.05, 3.63) is 51.3 Å². The lowest BCUT2D eigenvalue weighted by Crippen LogP contribution is -2.51. The highest BCUT2D eigenvalue weighted by Gasteiger charge is 2.53. The average Bonchev–Trinajstić information content (AvgIpc) is 3.40. The Morgan fingerprint density at radius 2 is 1.81 bits per heavy atom. The highest BCUT2D eigenvalue weighted by Crippen LogP contribution is 2.49. The van der Waals surface area contributed by atoms with Gasteiger partial charge in [0.1, 0.15) is 5.76 Å². The van der Waals surface area contributed by atoms with E-state index in [1.807, 2.05) is 26.0 Å². The van der Waals surface area contributed by atoms with Gasteiger partial charge in [0.25, 0.3) is 0 Å². The summed E-state index contributed by atoms with van der Waals surface area (Å²) < 4.78 is 6.32. The van der Waals surface area contributed by atoms with Crippen molar-refractivity contribution in [2.24, 2.45) is 0 Å². The van der Waals surface area contributed by atoms with Gasteiger partial charge in [0, 0.05) is 42.8 Å². The molecule has 1 aliphatic carbocycles. The molecule has 2 aliphatic rings. The molecular formula is C20H24BrN3O2. The van der Waals surface area contributed by atoms with Crippen LogP contribution in [0.3, 0.4) is 0 Å². The molecule has 1 aromatic heterocycles. The lowest BCUT2D eigenvalue weighted by Gasteiger charge is -2.36. The summed E-state index contributed by atoms with van der Waals surface area (Å²) in [6, 6.07) is 8.24. The maximum Gasteiger partial charge on any atom is 0.233 e. The van der Waals surface area contributed by atoms with Crippen molar-refractivity contribution in [3.8, 4) is 0 Å². The molecule has 0 bridgehead atoms. The van der Waals surface area contributed by atoms with Crippen LogP contribution in [0, 0.1) is 13.8 Å². The molecule has 5 nitrogen and oxygen atoms in total. The van der Waals surface area contributed by atoms with Crippen molar-refractivity contribution in [3.63, 3.8) is 0 Å². The van der Waals surface area contributed by atoms with Crippen molar-refractivity contribution in [1.29, 1.82) is 0 Å². The summed E-state index contributed by atoms with van der Waals surface area (Å²) in [4.78, 5) is 17.6. The second-order valence-corrected chi connectivity index (χ2v) is 8.38. The zero-order valence-electron chi connectivity index (χ0n) is 15.3. The Balaban J connectivity index is 1.39. The van der Waals surface area contributed by atoms with Gasteiger partial charge in [0.15, 0.2) is 0 Å². The van der Waals surface area contributed by atoms with E-state index in [-0.39, 0.29) is 5.41 Å². The predicted molar refractivity (Wildman–Crippen MR) is 103 cm³/mol. The van der Waals surface area contributed by atoms with E-state index in [0.29, 0.717) is 5.91 Å². The number of nitrogens with zero attached hydrogens (tertiary/aromatic N) is 3. The van der Waals surface area contributed by atoms with Crippen molar-refractivity contribution in [2.75, 3.05) is 26.2 Å². The Bertz CT molecular complexity index is 783. The molecule has 1 saturated carbocycles. The summed E-state index contributed by atoms with van der Waals surface area (Å²) in [5.41, 5.74) is 3.03. The van der Waals surface area contributed by atoms with Crippen LogP contribution in [0.5, 0.6) is 0 Å². The van der Waals surface area contributed by atoms with E-state index >= 15 is 0 Å². The van der Waals surface area contributed by atoms with Gasteiger partial charge < -0.3 is 9.42 Å². The normalized spacial score (nSPS) is 19.6. The van der Waals surface area contributed by atoms with E-state index in [1.165, 1.54) is 5.56 Å². The zero-order chi connectivity index (χ0) is 18.3. The first-order valence-electron chi connectivity index (χ1n) is 9.19. The van der Waals surface area contributed by atoms with Gasteiger partial charge in [-0.15, -0.1) is 0 Å². The maximum absolute atomic E-state index is 13.2. The smallest absolute Gasteiger partial charge is 0.233 e. The zero-order valence-corrected chi connectivity index (χ0v) is 16.9. The highest BCUT2D eigenvalue weighted by atomic mass is 79.9. The quantitative estimate of drug-likeness (QED) is 0.764. The summed E-state index contributed by atoms with van der Waals surface area (Å²) in [7, 11) is 0. The molecular weight excluding hydrogens is 394 g/mol. The first kappa shape index (κ1) is 17.7. The first-order valence-corrected chi connectivity index (χ1v) is 9.98. The van der Waals surface area contributed by atoms with Crippen LogP contribution in [0.1, 0.15) is 35.4 Å². The molecule has 4 rings (SSSR count). The standard InChI is InChI=1S/C20H24BrN3O2/c1-14-18(15(2)26-22-14)13-23-9-11-24(12-10-23)19(25)20(7-8-20)16-3-5-17(21)6-4-16/h3-6H,7-13H2,1-2H3. The number of hydrogen-bond donors (Lipinski definition) is 0. The van der Waals surface area contributed by atoms with E-state index in [2.05, 4.69) is 43.0 Å². The van der Waals surface area contributed by atoms with Crippen LogP contribution in [-0.2, 0) is 16.8 Å². The summed E-state index contributed by atoms with van der Waals surface area (Å²) in [6.45, 7) is 8.17. The lowest BCUT2D eigenvalue weighted by molar-refractivity contribution is -0.135. The number of carbonyl (C=O) groups excluding carboxylic acids is 1. The molecule has 0 spiro atoms. The van der Waals surface area contributed by atoms with Crippen molar-refractivity contribution >= 4 is 21.8 Å². The molecule has 1 saturated heterocycles. The highest BCUT2D eigenvalue weighted by molar-refractivity contribution is 9.10. The maximum atomic E-state index is 13.2. The molecule has 2 heterocycles. The summed E-state index contributed by atoms with van der Waals surface area (Å²) >= 11 is 3.48. The van der Waals surface area contributed by atoms with Crippen molar-refractivity contribution in [1.82, 2.24) is 15.0 Å². The van der Waals surface area contributed by atoms with E-state index in [1.54, 1.807) is 0 Å². The molecule has 6 heteroatoms. The molecule has 0 atom stereocenters. The van der Waals surface area contributed by atoms with Crippen LogP contribution in [0.2, 0.25) is 0 Å². The molecule has 1 aromatic carbocycles. The number of piperazine rings is 1. The minimum Gasteiger partial charge on any atom is -0.361 e. The predicted octanol–water partition coefficient (Wildman–Crippen LogP) is 3.43. The molecule has 2 aromatic rings. The van der Waals surface area contributed by atoms with E-state index in [4.69, 9.17) is 4.52 Å². The average molecular weight is 418 g/mol. The fourth-order valence-corrected chi connectivity index (χ4v) is 4.15. The fourth-order valence-electron chi connectivity index (χ4n) is 3.88. The van der Waals surface area contributed by atoms with Gasteiger partial charge in [-0.3, -0.25) is 9.69 Å². The van der Waals surface area contributed by atoms with E-state index in [9.17, 15) is 4.79 Å². The van der Waals surface area contributed by atoms with Crippen LogP contribution < -0.4 is 0 Å². The van der Waals surface area contributed by atoms with Gasteiger partial charge in [-0.25, -0.2) is 0 Å². The third kappa shape index (κ3) is 3.21. The number of carbonyl (C=O) groups is 1. The number of aromatic nitrogens is 1. The molecule has 138 valence electrons. The number of aryl methyl sites for hydroxylation is 2. The van der Waals surface area contributed by atoms with Crippen LogP contribution in [0.4, 0.5) is 0 Å². The Hall–Kier alpha value is -1.66. The topological polar surface area (TPSA) is 49.6 Å². The van der Waals surface area contributed by atoms with Gasteiger partial charge in [0.05, 0.1) is 11.1 Å². The third-order valence-corrected chi connectivity index (χ3v) is 6.31. The van der Waals surface area contributed by atoms with Gasteiger partial charge in [-0.05, 0) is 44.4 Å². The number of benzene rings is 1. The SMILES string of the molecule is Cc1noc(C)c1CN1CCN(C(=O)C2(c3ccc(Br)cc3)CC2)CC1. The molecule has 26 heavy (non-hydrogen) atoms. The van der Waals surface area contributed by atoms with Crippen LogP contribution in [0.15, 0.2) is 33.3 Å². The number of rotatable bonds is 4. The minimum absolute atomic E-state index is 0.273. The van der Waals surface area contributed by atoms with Crippen LogP contribution >= 0.6 is 15.9 Å². The van der Waals surface area contributed by atoms with Crippen molar-refractivity contribution < 1.29 is 9.32 Å². The summed E-state index contributed by atoms with van der Waals surface area (Å²) in [5.74, 6) is 1.20. The molecule has 0 N–H and O–H groups in total. The summed E-state index contributed by atoms with van der Waals surface area (Å²) in [5, 5.41) is 4.04. The van der Waals surface area contributed by atoms with Gasteiger partial charge in [-0.1, -0.05) is 33.2 Å². The van der Waals surface area contributed by atoms with Crippen LogP contribution in [0.25, 0.3) is 0 Å². The second kappa shape index (κ2) is 6.82. The first-order chi connectivity index (χ1) is 12.5. The van der Waals surface area contributed by atoms with Crippen LogP contribution in [-0.4, -0.2) is 47.0 Å². The molecule has 1 aliphatic heterocycles. The molecule has 1 amide bonds. The second-order valence-electron chi connectivity index (χ2n) is 7.46. The van der Waals surface area contributed by atoms with Gasteiger partial charge in [-0.2, -0.15) is 0 Å². The number of amides is 1. The Labute approximate surface area is 162 Å². The largest absolute Gasteiger partial charge is 0.361 e. The molecule has 0 unspecified atom stereocenters. The number of halogens is 1. The fraction of sp³-hybridized carbons (Fsp3) is 0.500. The Morgan fingerprint density at radius 3 is 2.35 bits per heavy atom. The van der Waals surface area contributed by atoms with Gasteiger partial charge >= 0.3 is 0 Å². The molecule has 2 fully saturated rings.